The van der Waals surface area contributed by atoms with E-state index in [2.05, 4.69) is 64.1 Å². The molecule has 0 unspecified atom stereocenters. The molecule has 0 aliphatic rings. The number of aliphatic hydroxyl groups is 2. The number of rotatable bonds is 12. The fourth-order valence-electron chi connectivity index (χ4n) is 4.59. The minimum atomic E-state index is -0.956. The van der Waals surface area contributed by atoms with Crippen molar-refractivity contribution in [2.75, 3.05) is 0 Å². The largest absolute Gasteiger partial charge is 0.385 e. The van der Waals surface area contributed by atoms with Gasteiger partial charge in [0.15, 0.2) is 0 Å². The Morgan fingerprint density at radius 2 is 1.09 bits per heavy atom. The van der Waals surface area contributed by atoms with Crippen molar-refractivity contribution in [2.24, 2.45) is 11.8 Å². The van der Waals surface area contributed by atoms with Crippen molar-refractivity contribution in [1.82, 2.24) is 0 Å². The average Bonchev–Trinajstić information content (AvgIpc) is 2.75. The molecule has 0 aliphatic carbocycles. The van der Waals surface area contributed by atoms with Gasteiger partial charge in [0.2, 0.25) is 0 Å². The van der Waals surface area contributed by atoms with E-state index in [1.54, 1.807) is 0 Å². The Bertz CT molecular complexity index is 791. The van der Waals surface area contributed by atoms with Gasteiger partial charge in [-0.2, -0.15) is 0 Å². The van der Waals surface area contributed by atoms with Crippen LogP contribution in [0.2, 0.25) is 0 Å². The van der Waals surface area contributed by atoms with Crippen LogP contribution >= 0.6 is 0 Å². The smallest absolute Gasteiger partial charge is 0.0930 e. The number of unbranched alkanes of at least 4 members (excludes halogenated alkanes) is 2. The van der Waals surface area contributed by atoms with Gasteiger partial charge < -0.3 is 10.2 Å². The Morgan fingerprint density at radius 3 is 1.41 bits per heavy atom. The van der Waals surface area contributed by atoms with Gasteiger partial charge in [-0.15, -0.1) is 0 Å². The molecule has 2 N–H and O–H groups in total. The van der Waals surface area contributed by atoms with Gasteiger partial charge in [0.25, 0.3) is 0 Å². The van der Waals surface area contributed by atoms with Crippen LogP contribution in [0.3, 0.4) is 0 Å². The number of benzene rings is 2. The zero-order valence-corrected chi connectivity index (χ0v) is 21.1. The first kappa shape index (κ1) is 26.4. The van der Waals surface area contributed by atoms with Gasteiger partial charge >= 0.3 is 0 Å². The molecule has 0 bridgehead atoms. The first-order chi connectivity index (χ1) is 15.1. The highest BCUT2D eigenvalue weighted by Crippen LogP contribution is 2.38. The standard InChI is InChI=1S/C30H44O2/c1-7-9-15-25(29(5,31)27-17-11-13-23(3)21-27)19-20-26(16-10-8-2)30(6,32)28-18-12-14-24(4)22-28/h11-14,17-22,25-26,31-32H,7-10,15-16H2,1-6H3/b20-19-/t25-,26+,29-,30-/m1/s1. The van der Waals surface area contributed by atoms with Crippen LogP contribution in [-0.2, 0) is 11.2 Å². The minimum Gasteiger partial charge on any atom is -0.385 e. The first-order valence-corrected chi connectivity index (χ1v) is 12.4. The zero-order chi connectivity index (χ0) is 23.8. The topological polar surface area (TPSA) is 40.5 Å². The van der Waals surface area contributed by atoms with Crippen LogP contribution in [0, 0.1) is 25.7 Å². The van der Waals surface area contributed by atoms with Crippen molar-refractivity contribution in [3.8, 4) is 0 Å². The van der Waals surface area contributed by atoms with E-state index in [4.69, 9.17) is 0 Å². The number of hydrogen-bond acceptors (Lipinski definition) is 2. The van der Waals surface area contributed by atoms with Crippen molar-refractivity contribution in [3.05, 3.63) is 82.9 Å². The Balaban J connectivity index is 2.40. The second-order valence-electron chi connectivity index (χ2n) is 9.92. The number of hydrogen-bond donors (Lipinski definition) is 2. The van der Waals surface area contributed by atoms with Crippen LogP contribution in [0.4, 0.5) is 0 Å². The lowest BCUT2D eigenvalue weighted by Crippen LogP contribution is -2.33. The molecule has 0 spiro atoms. The Hall–Kier alpha value is -1.90. The molecule has 2 aromatic rings. The van der Waals surface area contributed by atoms with Crippen molar-refractivity contribution in [2.45, 2.75) is 91.3 Å². The van der Waals surface area contributed by atoms with Gasteiger partial charge in [-0.1, -0.05) is 111 Å². The third-order valence-electron chi connectivity index (χ3n) is 6.96. The molecule has 4 atom stereocenters. The van der Waals surface area contributed by atoms with Gasteiger partial charge in [0.05, 0.1) is 11.2 Å². The Kier molecular flexibility index (Phi) is 9.73. The summed E-state index contributed by atoms with van der Waals surface area (Å²) in [5.74, 6) is -0.0247. The van der Waals surface area contributed by atoms with Crippen LogP contribution in [0.25, 0.3) is 0 Å². The molecule has 0 aliphatic heterocycles. The van der Waals surface area contributed by atoms with Crippen LogP contribution < -0.4 is 0 Å². The van der Waals surface area contributed by atoms with E-state index in [-0.39, 0.29) is 11.8 Å². The second-order valence-corrected chi connectivity index (χ2v) is 9.92. The molecule has 0 fully saturated rings. The van der Waals surface area contributed by atoms with Crippen LogP contribution in [0.15, 0.2) is 60.7 Å². The summed E-state index contributed by atoms with van der Waals surface area (Å²) in [6.45, 7) is 12.4. The lowest BCUT2D eigenvalue weighted by molar-refractivity contribution is 0.00224. The molecule has 32 heavy (non-hydrogen) atoms. The van der Waals surface area contributed by atoms with Crippen molar-refractivity contribution in [1.29, 1.82) is 0 Å². The monoisotopic (exact) mass is 436 g/mol. The molecule has 0 saturated carbocycles. The fourth-order valence-corrected chi connectivity index (χ4v) is 4.59. The molecule has 0 heterocycles. The molecular weight excluding hydrogens is 392 g/mol. The van der Waals surface area contributed by atoms with Crippen LogP contribution in [-0.4, -0.2) is 10.2 Å². The maximum Gasteiger partial charge on any atom is 0.0930 e. The maximum absolute atomic E-state index is 11.6. The molecule has 176 valence electrons. The molecule has 0 aromatic heterocycles. The van der Waals surface area contributed by atoms with Gasteiger partial charge in [0, 0.05) is 11.8 Å². The lowest BCUT2D eigenvalue weighted by Gasteiger charge is -2.35. The number of aryl methyl sites for hydroxylation is 2. The molecule has 2 nitrogen and oxygen atoms in total. The molecular formula is C30H44O2. The third kappa shape index (κ3) is 6.80. The van der Waals surface area contributed by atoms with E-state index in [1.165, 1.54) is 0 Å². The highest BCUT2D eigenvalue weighted by molar-refractivity contribution is 5.30. The maximum atomic E-state index is 11.6. The van der Waals surface area contributed by atoms with E-state index < -0.39 is 11.2 Å². The minimum absolute atomic E-state index is 0.0123. The van der Waals surface area contributed by atoms with Crippen molar-refractivity contribution < 1.29 is 10.2 Å². The molecule has 2 rings (SSSR count). The van der Waals surface area contributed by atoms with E-state index in [1.807, 2.05) is 38.1 Å². The van der Waals surface area contributed by atoms with Gasteiger partial charge in [-0.25, -0.2) is 0 Å². The quantitative estimate of drug-likeness (QED) is 0.336. The Labute approximate surface area is 196 Å². The van der Waals surface area contributed by atoms with Gasteiger partial charge in [-0.05, 0) is 51.7 Å². The Morgan fingerprint density at radius 1 is 0.719 bits per heavy atom. The molecule has 2 heteroatoms. The predicted molar refractivity (Wildman–Crippen MR) is 137 cm³/mol. The molecule has 2 aromatic carbocycles. The van der Waals surface area contributed by atoms with E-state index in [0.717, 1.165) is 60.8 Å². The molecule has 0 radical (unpaired) electrons. The van der Waals surface area contributed by atoms with Gasteiger partial charge in [0.1, 0.15) is 0 Å². The van der Waals surface area contributed by atoms with Crippen molar-refractivity contribution >= 4 is 0 Å². The summed E-state index contributed by atoms with van der Waals surface area (Å²) in [6, 6.07) is 16.4. The first-order valence-electron chi connectivity index (χ1n) is 12.4. The summed E-state index contributed by atoms with van der Waals surface area (Å²) < 4.78 is 0. The second kappa shape index (κ2) is 11.8. The fraction of sp³-hybridized carbons (Fsp3) is 0.533. The molecule has 0 amide bonds. The predicted octanol–water partition coefficient (Wildman–Crippen LogP) is 7.59. The summed E-state index contributed by atoms with van der Waals surface area (Å²) in [6.07, 6.45) is 10.5. The lowest BCUT2D eigenvalue weighted by atomic mass is 9.76. The SMILES string of the molecule is CCCC[C@@H](/C=C\[C@@H](CCCC)[C@@](C)(O)c1cccc(C)c1)[C@@](C)(O)c1cccc(C)c1. The van der Waals surface area contributed by atoms with E-state index in [0.29, 0.717) is 0 Å². The van der Waals surface area contributed by atoms with Crippen LogP contribution in [0.1, 0.15) is 88.5 Å². The zero-order valence-electron chi connectivity index (χ0n) is 21.1. The average molecular weight is 437 g/mol. The summed E-state index contributed by atoms with van der Waals surface area (Å²) in [7, 11) is 0. The highest BCUT2D eigenvalue weighted by atomic mass is 16.3. The summed E-state index contributed by atoms with van der Waals surface area (Å²) in [5.41, 5.74) is 2.32. The summed E-state index contributed by atoms with van der Waals surface area (Å²) in [5, 5.41) is 23.3. The highest BCUT2D eigenvalue weighted by Gasteiger charge is 2.34. The van der Waals surface area contributed by atoms with E-state index >= 15 is 0 Å². The summed E-state index contributed by atoms with van der Waals surface area (Å²) >= 11 is 0. The third-order valence-corrected chi connectivity index (χ3v) is 6.96. The van der Waals surface area contributed by atoms with Crippen LogP contribution in [0.5, 0.6) is 0 Å². The van der Waals surface area contributed by atoms with Crippen molar-refractivity contribution in [3.63, 3.8) is 0 Å². The summed E-state index contributed by atoms with van der Waals surface area (Å²) in [4.78, 5) is 0. The normalized spacial score (nSPS) is 17.6. The van der Waals surface area contributed by atoms with Gasteiger partial charge in [-0.3, -0.25) is 0 Å². The molecule has 0 saturated heterocycles. The van der Waals surface area contributed by atoms with E-state index in [9.17, 15) is 10.2 Å².